The summed E-state index contributed by atoms with van der Waals surface area (Å²) in [5, 5.41) is 3.31. The second-order valence-electron chi connectivity index (χ2n) is 4.65. The minimum Gasteiger partial charge on any atom is -0.486 e. The van der Waals surface area contributed by atoms with Crippen molar-refractivity contribution in [2.75, 3.05) is 18.5 Å². The molecule has 0 bridgehead atoms. The maximum atomic E-state index is 5.58. The molecule has 0 amide bonds. The lowest BCUT2D eigenvalue weighted by molar-refractivity contribution is 0.171. The van der Waals surface area contributed by atoms with Crippen molar-refractivity contribution in [1.82, 2.24) is 4.98 Å². The van der Waals surface area contributed by atoms with Gasteiger partial charge in [-0.3, -0.25) is 0 Å². The van der Waals surface area contributed by atoms with Gasteiger partial charge >= 0.3 is 0 Å². The highest BCUT2D eigenvalue weighted by Gasteiger charge is 2.11. The van der Waals surface area contributed by atoms with Crippen LogP contribution in [0.15, 0.2) is 34.9 Å². The van der Waals surface area contributed by atoms with E-state index in [0.29, 0.717) is 19.8 Å². The van der Waals surface area contributed by atoms with E-state index >= 15 is 0 Å². The molecule has 1 aromatic carbocycles. The van der Waals surface area contributed by atoms with E-state index in [0.717, 1.165) is 32.9 Å². The SMILES string of the molecule is Cc1cc(NCc2ccc3c(c2)OCCO3)ncc1Br. The van der Waals surface area contributed by atoms with E-state index in [4.69, 9.17) is 9.47 Å². The highest BCUT2D eigenvalue weighted by atomic mass is 79.9. The lowest BCUT2D eigenvalue weighted by Gasteiger charge is -2.19. The summed E-state index contributed by atoms with van der Waals surface area (Å²) in [6.45, 7) is 3.97. The molecule has 1 aliphatic heterocycles. The number of fused-ring (bicyclic) bond motifs is 1. The number of benzene rings is 1. The van der Waals surface area contributed by atoms with E-state index in [1.165, 1.54) is 0 Å². The third kappa shape index (κ3) is 2.88. The number of nitrogens with zero attached hydrogens (tertiary/aromatic N) is 1. The minimum atomic E-state index is 0.608. The van der Waals surface area contributed by atoms with Gasteiger partial charge in [-0.15, -0.1) is 0 Å². The zero-order valence-electron chi connectivity index (χ0n) is 11.1. The molecule has 0 fully saturated rings. The zero-order valence-corrected chi connectivity index (χ0v) is 12.7. The van der Waals surface area contributed by atoms with Crippen LogP contribution in [0.2, 0.25) is 0 Å². The first kappa shape index (κ1) is 13.2. The smallest absolute Gasteiger partial charge is 0.161 e. The molecule has 0 spiro atoms. The fourth-order valence-corrected chi connectivity index (χ4v) is 2.24. The molecule has 2 heterocycles. The quantitative estimate of drug-likeness (QED) is 0.932. The predicted octanol–water partition coefficient (Wildman–Crippen LogP) is 3.54. The number of nitrogens with one attached hydrogen (secondary N) is 1. The monoisotopic (exact) mass is 334 g/mol. The zero-order chi connectivity index (χ0) is 13.9. The van der Waals surface area contributed by atoms with Crippen molar-refractivity contribution in [3.63, 3.8) is 0 Å². The van der Waals surface area contributed by atoms with Gasteiger partial charge in [0.2, 0.25) is 0 Å². The summed E-state index contributed by atoms with van der Waals surface area (Å²) in [5.74, 6) is 2.49. The van der Waals surface area contributed by atoms with Crippen LogP contribution in [0.5, 0.6) is 11.5 Å². The van der Waals surface area contributed by atoms with Crippen molar-refractivity contribution < 1.29 is 9.47 Å². The number of ether oxygens (including phenoxy) is 2. The minimum absolute atomic E-state index is 0.608. The van der Waals surface area contributed by atoms with Gasteiger partial charge in [-0.2, -0.15) is 0 Å². The first-order valence-electron chi connectivity index (χ1n) is 6.47. The summed E-state index contributed by atoms with van der Waals surface area (Å²) in [7, 11) is 0. The van der Waals surface area contributed by atoms with Gasteiger partial charge in [-0.1, -0.05) is 6.07 Å². The van der Waals surface area contributed by atoms with Crippen LogP contribution in [0.3, 0.4) is 0 Å². The van der Waals surface area contributed by atoms with E-state index in [9.17, 15) is 0 Å². The normalized spacial score (nSPS) is 13.1. The van der Waals surface area contributed by atoms with Gasteiger partial charge in [0.1, 0.15) is 19.0 Å². The lowest BCUT2D eigenvalue weighted by atomic mass is 10.2. The van der Waals surface area contributed by atoms with Gasteiger partial charge < -0.3 is 14.8 Å². The van der Waals surface area contributed by atoms with Crippen LogP contribution in [0.4, 0.5) is 5.82 Å². The number of pyridine rings is 1. The molecule has 0 radical (unpaired) electrons. The Bertz CT molecular complexity index is 631. The molecule has 1 aromatic heterocycles. The van der Waals surface area contributed by atoms with E-state index in [-0.39, 0.29) is 0 Å². The molecule has 0 atom stereocenters. The molecule has 0 aliphatic carbocycles. The number of anilines is 1. The van der Waals surface area contributed by atoms with Crippen molar-refractivity contribution in [3.05, 3.63) is 46.1 Å². The van der Waals surface area contributed by atoms with Crippen molar-refractivity contribution in [2.45, 2.75) is 13.5 Å². The molecule has 1 aliphatic rings. The number of aromatic nitrogens is 1. The lowest BCUT2D eigenvalue weighted by Crippen LogP contribution is -2.15. The average molecular weight is 335 g/mol. The van der Waals surface area contributed by atoms with Crippen molar-refractivity contribution >= 4 is 21.7 Å². The molecule has 0 saturated carbocycles. The summed E-state index contributed by atoms with van der Waals surface area (Å²) in [6, 6.07) is 8.01. The highest BCUT2D eigenvalue weighted by Crippen LogP contribution is 2.30. The maximum Gasteiger partial charge on any atom is 0.161 e. The van der Waals surface area contributed by atoms with Crippen LogP contribution >= 0.6 is 15.9 Å². The van der Waals surface area contributed by atoms with E-state index < -0.39 is 0 Å². The maximum absolute atomic E-state index is 5.58. The fourth-order valence-electron chi connectivity index (χ4n) is 2.03. The van der Waals surface area contributed by atoms with E-state index in [1.807, 2.05) is 37.4 Å². The molecule has 4 nitrogen and oxygen atoms in total. The van der Waals surface area contributed by atoms with Gasteiger partial charge in [0.25, 0.3) is 0 Å². The number of hydrogen-bond acceptors (Lipinski definition) is 4. The molecule has 1 N–H and O–H groups in total. The van der Waals surface area contributed by atoms with Gasteiger partial charge in [0, 0.05) is 17.2 Å². The van der Waals surface area contributed by atoms with Crippen LogP contribution < -0.4 is 14.8 Å². The Labute approximate surface area is 126 Å². The number of aryl methyl sites for hydroxylation is 1. The molecular formula is C15H15BrN2O2. The van der Waals surface area contributed by atoms with Crippen molar-refractivity contribution in [1.29, 1.82) is 0 Å². The van der Waals surface area contributed by atoms with E-state index in [1.54, 1.807) is 0 Å². The summed E-state index contributed by atoms with van der Waals surface area (Å²) in [6.07, 6.45) is 1.81. The Hall–Kier alpha value is -1.75. The van der Waals surface area contributed by atoms with Crippen molar-refractivity contribution in [3.8, 4) is 11.5 Å². The summed E-state index contributed by atoms with van der Waals surface area (Å²) < 4.78 is 12.1. The number of halogens is 1. The van der Waals surface area contributed by atoms with Gasteiger partial charge in [0.15, 0.2) is 11.5 Å². The third-order valence-electron chi connectivity index (χ3n) is 3.13. The van der Waals surface area contributed by atoms with Gasteiger partial charge in [-0.25, -0.2) is 4.98 Å². The molecule has 0 saturated heterocycles. The summed E-state index contributed by atoms with van der Waals surface area (Å²) in [4.78, 5) is 4.33. The molecular weight excluding hydrogens is 320 g/mol. The molecule has 0 unspecified atom stereocenters. The molecule has 5 heteroatoms. The van der Waals surface area contributed by atoms with Crippen molar-refractivity contribution in [2.24, 2.45) is 0 Å². The summed E-state index contributed by atoms with van der Waals surface area (Å²) >= 11 is 3.45. The predicted molar refractivity (Wildman–Crippen MR) is 81.4 cm³/mol. The van der Waals surface area contributed by atoms with Crippen LogP contribution in [-0.2, 0) is 6.54 Å². The molecule has 3 rings (SSSR count). The highest BCUT2D eigenvalue weighted by molar-refractivity contribution is 9.10. The number of rotatable bonds is 3. The molecule has 104 valence electrons. The fraction of sp³-hybridized carbons (Fsp3) is 0.267. The Morgan fingerprint density at radius 3 is 2.80 bits per heavy atom. The standard InChI is InChI=1S/C15H15BrN2O2/c1-10-6-15(18-9-12(10)16)17-8-11-2-3-13-14(7-11)20-5-4-19-13/h2-3,6-7,9H,4-5,8H2,1H3,(H,17,18). The average Bonchev–Trinajstić information content (AvgIpc) is 2.48. The second kappa shape index (κ2) is 5.71. The Kier molecular flexibility index (Phi) is 3.78. The Morgan fingerprint density at radius 2 is 2.00 bits per heavy atom. The summed E-state index contributed by atoms with van der Waals surface area (Å²) in [5.41, 5.74) is 2.29. The van der Waals surface area contributed by atoms with Gasteiger partial charge in [0.05, 0.1) is 0 Å². The Balaban J connectivity index is 1.70. The van der Waals surface area contributed by atoms with Gasteiger partial charge in [-0.05, 0) is 52.2 Å². The van der Waals surface area contributed by atoms with Crippen LogP contribution in [0, 0.1) is 6.92 Å². The molecule has 2 aromatic rings. The van der Waals surface area contributed by atoms with E-state index in [2.05, 4.69) is 26.2 Å². The first-order chi connectivity index (χ1) is 9.72. The topological polar surface area (TPSA) is 43.4 Å². The Morgan fingerprint density at radius 1 is 1.20 bits per heavy atom. The second-order valence-corrected chi connectivity index (χ2v) is 5.50. The van der Waals surface area contributed by atoms with Crippen LogP contribution in [0.1, 0.15) is 11.1 Å². The first-order valence-corrected chi connectivity index (χ1v) is 7.26. The van der Waals surface area contributed by atoms with Crippen LogP contribution in [-0.4, -0.2) is 18.2 Å². The number of hydrogen-bond donors (Lipinski definition) is 1. The van der Waals surface area contributed by atoms with Crippen LogP contribution in [0.25, 0.3) is 0 Å². The molecule has 20 heavy (non-hydrogen) atoms. The largest absolute Gasteiger partial charge is 0.486 e. The third-order valence-corrected chi connectivity index (χ3v) is 3.96.